The molecule has 2 saturated heterocycles. The number of nitrogens with one attached hydrogen (secondary N) is 1. The highest BCUT2D eigenvalue weighted by molar-refractivity contribution is 5.78. The summed E-state index contributed by atoms with van der Waals surface area (Å²) in [7, 11) is 0. The Kier molecular flexibility index (Phi) is 5.10. The Balaban J connectivity index is 1.50. The minimum absolute atomic E-state index is 0.0149. The summed E-state index contributed by atoms with van der Waals surface area (Å²) in [6.45, 7) is 5.18. The van der Waals surface area contributed by atoms with Crippen molar-refractivity contribution in [2.75, 3.05) is 39.3 Å². The van der Waals surface area contributed by atoms with Gasteiger partial charge < -0.3 is 10.2 Å². The minimum atomic E-state index is -4.34. The summed E-state index contributed by atoms with van der Waals surface area (Å²) in [5, 5.41) is 3.35. The molecule has 1 aromatic carbocycles. The molecule has 2 heterocycles. The molecule has 7 heteroatoms. The molecule has 132 valence electrons. The molecule has 2 aliphatic heterocycles. The number of carbonyl (C=O) groups excluding carboxylic acids is 1. The number of carbonyl (C=O) groups is 1. The van der Waals surface area contributed by atoms with Crippen molar-refractivity contribution >= 4 is 5.91 Å². The number of amides is 1. The molecule has 0 spiro atoms. The second-order valence-corrected chi connectivity index (χ2v) is 6.43. The van der Waals surface area contributed by atoms with Crippen molar-refractivity contribution in [2.45, 2.75) is 25.1 Å². The Hall–Kier alpha value is -1.60. The molecule has 0 aromatic heterocycles. The van der Waals surface area contributed by atoms with Crippen LogP contribution in [0.15, 0.2) is 24.3 Å². The Morgan fingerprint density at radius 3 is 2.33 bits per heavy atom. The molecule has 2 fully saturated rings. The first-order valence-corrected chi connectivity index (χ1v) is 8.32. The van der Waals surface area contributed by atoms with Gasteiger partial charge in [0.25, 0.3) is 0 Å². The van der Waals surface area contributed by atoms with Gasteiger partial charge in [-0.05, 0) is 30.7 Å². The smallest absolute Gasteiger partial charge is 0.340 e. The van der Waals surface area contributed by atoms with Gasteiger partial charge in [0, 0.05) is 38.8 Å². The fraction of sp³-hybridized carbons (Fsp3) is 0.588. The Labute approximate surface area is 139 Å². The topological polar surface area (TPSA) is 35.6 Å². The van der Waals surface area contributed by atoms with E-state index in [4.69, 9.17) is 0 Å². The highest BCUT2D eigenvalue weighted by atomic mass is 19.4. The lowest BCUT2D eigenvalue weighted by Gasteiger charge is -2.37. The van der Waals surface area contributed by atoms with Gasteiger partial charge in [0.05, 0.1) is 12.0 Å². The first-order valence-electron chi connectivity index (χ1n) is 8.32. The summed E-state index contributed by atoms with van der Waals surface area (Å²) in [5.41, 5.74) is -0.0621. The Morgan fingerprint density at radius 2 is 1.79 bits per heavy atom. The van der Waals surface area contributed by atoms with Crippen LogP contribution in [0.2, 0.25) is 0 Å². The highest BCUT2D eigenvalue weighted by Gasteiger charge is 2.30. The predicted octanol–water partition coefficient (Wildman–Crippen LogP) is 1.75. The Bertz CT molecular complexity index is 559. The van der Waals surface area contributed by atoms with Crippen molar-refractivity contribution in [1.29, 1.82) is 0 Å². The van der Waals surface area contributed by atoms with Crippen LogP contribution in [-0.4, -0.2) is 61.0 Å². The van der Waals surface area contributed by atoms with Gasteiger partial charge in [-0.1, -0.05) is 12.1 Å². The highest BCUT2D eigenvalue weighted by Crippen LogP contribution is 2.29. The van der Waals surface area contributed by atoms with E-state index < -0.39 is 11.7 Å². The van der Waals surface area contributed by atoms with Crippen LogP contribution in [0.3, 0.4) is 0 Å². The molecule has 0 saturated carbocycles. The Morgan fingerprint density at radius 1 is 1.12 bits per heavy atom. The van der Waals surface area contributed by atoms with E-state index in [9.17, 15) is 18.0 Å². The summed E-state index contributed by atoms with van der Waals surface area (Å²) >= 11 is 0. The molecule has 4 nitrogen and oxygen atoms in total. The number of piperazine rings is 1. The fourth-order valence-electron chi connectivity index (χ4n) is 3.39. The lowest BCUT2D eigenvalue weighted by Crippen LogP contribution is -2.52. The van der Waals surface area contributed by atoms with Gasteiger partial charge in [-0.15, -0.1) is 0 Å². The van der Waals surface area contributed by atoms with Crippen molar-refractivity contribution in [3.05, 3.63) is 35.4 Å². The normalized spacial score (nSPS) is 22.8. The lowest BCUT2D eigenvalue weighted by molar-refractivity contribution is -0.137. The molecule has 1 aromatic rings. The molecule has 3 rings (SSSR count). The zero-order chi connectivity index (χ0) is 17.2. The number of hydrogen-bond acceptors (Lipinski definition) is 3. The summed E-state index contributed by atoms with van der Waals surface area (Å²) in [5.74, 6) is -0.0149. The van der Waals surface area contributed by atoms with Crippen LogP contribution >= 0.6 is 0 Å². The molecule has 2 aliphatic rings. The number of hydrogen-bond donors (Lipinski definition) is 1. The van der Waals surface area contributed by atoms with Crippen LogP contribution in [0.25, 0.3) is 0 Å². The number of halogens is 3. The van der Waals surface area contributed by atoms with Crippen molar-refractivity contribution in [3.63, 3.8) is 0 Å². The van der Waals surface area contributed by atoms with Crippen LogP contribution in [0.4, 0.5) is 13.2 Å². The molecular formula is C17H22F3N3O. The maximum absolute atomic E-state index is 12.6. The summed E-state index contributed by atoms with van der Waals surface area (Å²) in [6, 6.07) is 5.42. The van der Waals surface area contributed by atoms with E-state index in [0.29, 0.717) is 24.7 Å². The van der Waals surface area contributed by atoms with Crippen molar-refractivity contribution < 1.29 is 18.0 Å². The zero-order valence-corrected chi connectivity index (χ0v) is 13.5. The van der Waals surface area contributed by atoms with E-state index in [-0.39, 0.29) is 12.3 Å². The van der Waals surface area contributed by atoms with Crippen LogP contribution in [0, 0.1) is 0 Å². The van der Waals surface area contributed by atoms with Gasteiger partial charge in [0.15, 0.2) is 0 Å². The molecule has 0 bridgehead atoms. The van der Waals surface area contributed by atoms with Gasteiger partial charge in [-0.3, -0.25) is 9.69 Å². The SMILES string of the molecule is O=C(Cc1ccc(C(F)(F)F)cc1)N1CCN(C2CCNC2)CC1. The summed E-state index contributed by atoms with van der Waals surface area (Å²) < 4.78 is 37.7. The zero-order valence-electron chi connectivity index (χ0n) is 13.5. The predicted molar refractivity (Wildman–Crippen MR) is 84.6 cm³/mol. The van der Waals surface area contributed by atoms with Gasteiger partial charge in [0.2, 0.25) is 5.91 Å². The van der Waals surface area contributed by atoms with E-state index in [0.717, 1.165) is 44.7 Å². The summed E-state index contributed by atoms with van der Waals surface area (Å²) in [6.07, 6.45) is -3.03. The van der Waals surface area contributed by atoms with Crippen LogP contribution in [-0.2, 0) is 17.4 Å². The third-order valence-electron chi connectivity index (χ3n) is 4.85. The molecule has 24 heavy (non-hydrogen) atoms. The first-order chi connectivity index (χ1) is 11.4. The van der Waals surface area contributed by atoms with Crippen LogP contribution in [0.5, 0.6) is 0 Å². The van der Waals surface area contributed by atoms with Crippen molar-refractivity contribution in [2.24, 2.45) is 0 Å². The number of benzene rings is 1. The van der Waals surface area contributed by atoms with E-state index in [2.05, 4.69) is 10.2 Å². The van der Waals surface area contributed by atoms with Crippen molar-refractivity contribution in [3.8, 4) is 0 Å². The number of rotatable bonds is 3. The average molecular weight is 341 g/mol. The van der Waals surface area contributed by atoms with Gasteiger partial charge in [-0.2, -0.15) is 13.2 Å². The molecule has 0 radical (unpaired) electrons. The molecule has 1 amide bonds. The van der Waals surface area contributed by atoms with Gasteiger partial charge >= 0.3 is 6.18 Å². The maximum Gasteiger partial charge on any atom is 0.416 e. The van der Waals surface area contributed by atoms with Crippen LogP contribution in [0.1, 0.15) is 17.5 Å². The average Bonchev–Trinajstić information content (AvgIpc) is 3.09. The minimum Gasteiger partial charge on any atom is -0.340 e. The van der Waals surface area contributed by atoms with E-state index in [1.54, 1.807) is 0 Å². The molecule has 0 aliphatic carbocycles. The summed E-state index contributed by atoms with van der Waals surface area (Å²) in [4.78, 5) is 16.6. The largest absolute Gasteiger partial charge is 0.416 e. The third-order valence-corrected chi connectivity index (χ3v) is 4.85. The molecular weight excluding hydrogens is 319 g/mol. The quantitative estimate of drug-likeness (QED) is 0.910. The number of alkyl halides is 3. The number of nitrogens with zero attached hydrogens (tertiary/aromatic N) is 2. The standard InChI is InChI=1S/C17H22F3N3O/c18-17(19,20)14-3-1-13(2-4-14)11-16(24)23-9-7-22(8-10-23)15-5-6-21-12-15/h1-4,15,21H,5-12H2. The fourth-order valence-corrected chi connectivity index (χ4v) is 3.39. The monoisotopic (exact) mass is 341 g/mol. The van der Waals surface area contributed by atoms with E-state index in [1.165, 1.54) is 12.1 Å². The van der Waals surface area contributed by atoms with Crippen molar-refractivity contribution in [1.82, 2.24) is 15.1 Å². The lowest BCUT2D eigenvalue weighted by atomic mass is 10.1. The first kappa shape index (κ1) is 17.2. The van der Waals surface area contributed by atoms with E-state index >= 15 is 0 Å². The maximum atomic E-state index is 12.6. The molecule has 1 unspecified atom stereocenters. The second-order valence-electron chi connectivity index (χ2n) is 6.43. The van der Waals surface area contributed by atoms with Gasteiger partial charge in [-0.25, -0.2) is 0 Å². The van der Waals surface area contributed by atoms with Crippen LogP contribution < -0.4 is 5.32 Å². The second kappa shape index (κ2) is 7.11. The third kappa shape index (κ3) is 4.08. The molecule has 1 atom stereocenters. The van der Waals surface area contributed by atoms with Gasteiger partial charge in [0.1, 0.15) is 0 Å². The molecule has 1 N–H and O–H groups in total. The van der Waals surface area contributed by atoms with E-state index in [1.807, 2.05) is 4.90 Å².